The Morgan fingerprint density at radius 3 is 2.45 bits per heavy atom. The third-order valence-electron chi connectivity index (χ3n) is 2.78. The van der Waals surface area contributed by atoms with Gasteiger partial charge >= 0.3 is 6.61 Å². The zero-order valence-electron chi connectivity index (χ0n) is 11.3. The molecule has 2 N–H and O–H groups in total. The van der Waals surface area contributed by atoms with E-state index in [1.54, 1.807) is 12.1 Å². The summed E-state index contributed by atoms with van der Waals surface area (Å²) in [6.07, 6.45) is 0.736. The van der Waals surface area contributed by atoms with E-state index in [1.807, 2.05) is 0 Å². The lowest BCUT2D eigenvalue weighted by Gasteiger charge is -2.07. The fraction of sp³-hybridized carbons (Fsp3) is 0.357. The van der Waals surface area contributed by atoms with Crippen molar-refractivity contribution >= 4 is 5.88 Å². The minimum atomic E-state index is -2.83. The molecule has 1 aromatic carbocycles. The van der Waals surface area contributed by atoms with Crippen LogP contribution in [0.1, 0.15) is 19.4 Å². The van der Waals surface area contributed by atoms with Gasteiger partial charge in [-0.05, 0) is 36.6 Å². The molecule has 108 valence electrons. The number of aromatic nitrogens is 1. The Kier molecular flexibility index (Phi) is 4.22. The number of ether oxygens (including phenoxy) is 1. The lowest BCUT2D eigenvalue weighted by Crippen LogP contribution is -2.01. The molecule has 0 amide bonds. The van der Waals surface area contributed by atoms with Crippen molar-refractivity contribution in [1.29, 1.82) is 0 Å². The highest BCUT2D eigenvalue weighted by molar-refractivity contribution is 5.67. The van der Waals surface area contributed by atoms with E-state index in [0.29, 0.717) is 17.5 Å². The van der Waals surface area contributed by atoms with Crippen LogP contribution in [0.15, 0.2) is 28.8 Å². The highest BCUT2D eigenvalue weighted by Gasteiger charge is 2.16. The van der Waals surface area contributed by atoms with Crippen LogP contribution < -0.4 is 10.5 Å². The Balaban J connectivity index is 2.27. The number of alkyl halides is 2. The number of hydrogen-bond acceptors (Lipinski definition) is 4. The number of nitrogen functional groups attached to an aromatic ring is 1. The number of rotatable bonds is 5. The standard InChI is InChI=1S/C14H16F2N2O2/c1-8(2)7-11-12(18-20-13(11)17)9-3-5-10(6-4-9)19-14(15)16/h3-6,8,14H,7,17H2,1-2H3. The van der Waals surface area contributed by atoms with E-state index >= 15 is 0 Å². The minimum absolute atomic E-state index is 0.102. The zero-order valence-corrected chi connectivity index (χ0v) is 11.3. The summed E-state index contributed by atoms with van der Waals surface area (Å²) in [5.74, 6) is 0.795. The average molecular weight is 282 g/mol. The molecule has 0 atom stereocenters. The van der Waals surface area contributed by atoms with Gasteiger partial charge in [-0.3, -0.25) is 0 Å². The molecule has 2 rings (SSSR count). The molecule has 0 aliphatic heterocycles. The van der Waals surface area contributed by atoms with Crippen LogP contribution >= 0.6 is 0 Å². The van der Waals surface area contributed by atoms with Crippen LogP contribution in [-0.2, 0) is 6.42 Å². The van der Waals surface area contributed by atoms with Crippen molar-refractivity contribution in [2.45, 2.75) is 26.9 Å². The summed E-state index contributed by atoms with van der Waals surface area (Å²) < 4.78 is 33.5. The molecule has 0 aliphatic rings. The fourth-order valence-corrected chi connectivity index (χ4v) is 1.95. The van der Waals surface area contributed by atoms with Gasteiger partial charge in [0.1, 0.15) is 11.4 Å². The number of benzene rings is 1. The molecule has 0 bridgehead atoms. The Labute approximate surface area is 115 Å². The summed E-state index contributed by atoms with van der Waals surface area (Å²) in [5, 5.41) is 3.94. The maximum Gasteiger partial charge on any atom is 0.387 e. The lowest BCUT2D eigenvalue weighted by molar-refractivity contribution is -0.0498. The molecule has 0 radical (unpaired) electrons. The fourth-order valence-electron chi connectivity index (χ4n) is 1.95. The van der Waals surface area contributed by atoms with Gasteiger partial charge in [-0.25, -0.2) is 0 Å². The van der Waals surface area contributed by atoms with Crippen molar-refractivity contribution in [1.82, 2.24) is 5.16 Å². The third-order valence-corrected chi connectivity index (χ3v) is 2.78. The Hall–Kier alpha value is -2.11. The number of nitrogens with zero attached hydrogens (tertiary/aromatic N) is 1. The average Bonchev–Trinajstić information content (AvgIpc) is 2.71. The van der Waals surface area contributed by atoms with Gasteiger partial charge in [0.15, 0.2) is 0 Å². The molecule has 2 aromatic rings. The van der Waals surface area contributed by atoms with Gasteiger partial charge in [-0.15, -0.1) is 0 Å². The summed E-state index contributed by atoms with van der Waals surface area (Å²) in [7, 11) is 0. The molecular weight excluding hydrogens is 266 g/mol. The van der Waals surface area contributed by atoms with Crippen molar-refractivity contribution in [3.05, 3.63) is 29.8 Å². The van der Waals surface area contributed by atoms with E-state index in [0.717, 1.165) is 17.5 Å². The third kappa shape index (κ3) is 3.26. The monoisotopic (exact) mass is 282 g/mol. The van der Waals surface area contributed by atoms with Crippen LogP contribution in [0.2, 0.25) is 0 Å². The molecule has 4 nitrogen and oxygen atoms in total. The maximum absolute atomic E-state index is 12.1. The van der Waals surface area contributed by atoms with Crippen LogP contribution in [0.25, 0.3) is 11.3 Å². The first kappa shape index (κ1) is 14.3. The predicted octanol–water partition coefficient (Wildman–Crippen LogP) is 3.72. The van der Waals surface area contributed by atoms with Crippen molar-refractivity contribution in [2.24, 2.45) is 5.92 Å². The summed E-state index contributed by atoms with van der Waals surface area (Å²) in [5.41, 5.74) is 8.00. The molecular formula is C14H16F2N2O2. The highest BCUT2D eigenvalue weighted by atomic mass is 19.3. The smallest absolute Gasteiger partial charge is 0.387 e. The van der Waals surface area contributed by atoms with Crippen LogP contribution in [0.4, 0.5) is 14.7 Å². The van der Waals surface area contributed by atoms with Crippen LogP contribution in [0.3, 0.4) is 0 Å². The van der Waals surface area contributed by atoms with Gasteiger partial charge in [0.2, 0.25) is 5.88 Å². The number of nitrogens with two attached hydrogens (primary N) is 1. The van der Waals surface area contributed by atoms with E-state index in [-0.39, 0.29) is 5.75 Å². The second-order valence-electron chi connectivity index (χ2n) is 4.87. The van der Waals surface area contributed by atoms with Gasteiger partial charge in [-0.2, -0.15) is 8.78 Å². The lowest BCUT2D eigenvalue weighted by atomic mass is 9.99. The Morgan fingerprint density at radius 2 is 1.90 bits per heavy atom. The molecule has 20 heavy (non-hydrogen) atoms. The van der Waals surface area contributed by atoms with Gasteiger partial charge in [-0.1, -0.05) is 19.0 Å². The minimum Gasteiger partial charge on any atom is -0.435 e. The Bertz CT molecular complexity index is 565. The largest absolute Gasteiger partial charge is 0.435 e. The molecule has 0 saturated heterocycles. The highest BCUT2D eigenvalue weighted by Crippen LogP contribution is 2.30. The number of hydrogen-bond donors (Lipinski definition) is 1. The Morgan fingerprint density at radius 1 is 1.25 bits per heavy atom. The molecule has 0 aliphatic carbocycles. The molecule has 0 saturated carbocycles. The van der Waals surface area contributed by atoms with Crippen LogP contribution in [0, 0.1) is 5.92 Å². The summed E-state index contributed by atoms with van der Waals surface area (Å²) in [6.45, 7) is 1.30. The number of halogens is 2. The van der Waals surface area contributed by atoms with Crippen LogP contribution in [0.5, 0.6) is 5.75 Å². The van der Waals surface area contributed by atoms with Crippen LogP contribution in [-0.4, -0.2) is 11.8 Å². The second-order valence-corrected chi connectivity index (χ2v) is 4.87. The first-order valence-electron chi connectivity index (χ1n) is 6.26. The second kappa shape index (κ2) is 5.90. The quantitative estimate of drug-likeness (QED) is 0.907. The van der Waals surface area contributed by atoms with Crippen molar-refractivity contribution in [2.75, 3.05) is 5.73 Å². The van der Waals surface area contributed by atoms with Crippen molar-refractivity contribution < 1.29 is 18.0 Å². The first-order chi connectivity index (χ1) is 9.47. The molecule has 6 heteroatoms. The molecule has 1 aromatic heterocycles. The van der Waals surface area contributed by atoms with Crippen molar-refractivity contribution in [3.63, 3.8) is 0 Å². The van der Waals surface area contributed by atoms with Gasteiger partial charge in [0, 0.05) is 11.1 Å². The summed E-state index contributed by atoms with van der Waals surface area (Å²) in [4.78, 5) is 0. The van der Waals surface area contributed by atoms with E-state index in [9.17, 15) is 8.78 Å². The predicted molar refractivity (Wildman–Crippen MR) is 71.5 cm³/mol. The molecule has 0 spiro atoms. The van der Waals surface area contributed by atoms with Gasteiger partial charge in [0.05, 0.1) is 0 Å². The number of anilines is 1. The maximum atomic E-state index is 12.1. The van der Waals surface area contributed by atoms with Gasteiger partial charge in [0.25, 0.3) is 0 Å². The van der Waals surface area contributed by atoms with Crippen molar-refractivity contribution in [3.8, 4) is 17.0 Å². The van der Waals surface area contributed by atoms with E-state index in [1.165, 1.54) is 12.1 Å². The summed E-state index contributed by atoms with van der Waals surface area (Å²) >= 11 is 0. The normalized spacial score (nSPS) is 11.3. The van der Waals surface area contributed by atoms with E-state index < -0.39 is 6.61 Å². The first-order valence-corrected chi connectivity index (χ1v) is 6.26. The van der Waals surface area contributed by atoms with Gasteiger partial charge < -0.3 is 15.0 Å². The molecule has 1 heterocycles. The van der Waals surface area contributed by atoms with E-state index in [4.69, 9.17) is 10.3 Å². The molecule has 0 fully saturated rings. The SMILES string of the molecule is CC(C)Cc1c(-c2ccc(OC(F)F)cc2)noc1N. The molecule has 0 unspecified atom stereocenters. The topological polar surface area (TPSA) is 61.3 Å². The zero-order chi connectivity index (χ0) is 14.7. The van der Waals surface area contributed by atoms with E-state index in [2.05, 4.69) is 23.7 Å². The summed E-state index contributed by atoms with van der Waals surface area (Å²) in [6, 6.07) is 6.23.